The molecule has 0 atom stereocenters. The van der Waals surface area contributed by atoms with Crippen molar-refractivity contribution in [1.82, 2.24) is 15.0 Å². The minimum absolute atomic E-state index is 0.191. The molecule has 0 saturated carbocycles. The maximum absolute atomic E-state index is 12.2. The smallest absolute Gasteiger partial charge is 0.184 e. The standard InChI is InChI=1S/C12H16N4O3S/c1-19-11-2-4-12(5-3-11)20(17,18)9-10-8-16(7-6-13)15-14-10/h2-5,8H,6-7,9,13H2,1H3. The summed E-state index contributed by atoms with van der Waals surface area (Å²) in [4.78, 5) is 0.228. The Labute approximate surface area is 117 Å². The van der Waals surface area contributed by atoms with Gasteiger partial charge < -0.3 is 10.5 Å². The van der Waals surface area contributed by atoms with Gasteiger partial charge >= 0.3 is 0 Å². The minimum atomic E-state index is -3.44. The van der Waals surface area contributed by atoms with Gasteiger partial charge in [-0.25, -0.2) is 8.42 Å². The number of sulfone groups is 1. The van der Waals surface area contributed by atoms with Crippen LogP contribution in [0.4, 0.5) is 0 Å². The lowest BCUT2D eigenvalue weighted by molar-refractivity contribution is 0.414. The highest BCUT2D eigenvalue weighted by Gasteiger charge is 2.17. The molecule has 0 bridgehead atoms. The Morgan fingerprint density at radius 2 is 2.00 bits per heavy atom. The number of rotatable bonds is 6. The summed E-state index contributed by atoms with van der Waals surface area (Å²) >= 11 is 0. The average molecular weight is 296 g/mol. The first-order valence-electron chi connectivity index (χ1n) is 6.01. The molecular weight excluding hydrogens is 280 g/mol. The normalized spacial score (nSPS) is 11.5. The Bertz CT molecular complexity index is 664. The molecule has 0 aliphatic heterocycles. The van der Waals surface area contributed by atoms with Gasteiger partial charge in [-0.1, -0.05) is 5.21 Å². The second-order valence-electron chi connectivity index (χ2n) is 4.20. The molecule has 0 radical (unpaired) electrons. The third-order valence-electron chi connectivity index (χ3n) is 2.70. The van der Waals surface area contributed by atoms with Crippen molar-refractivity contribution >= 4 is 9.84 Å². The summed E-state index contributed by atoms with van der Waals surface area (Å²) in [5.41, 5.74) is 5.79. The zero-order chi connectivity index (χ0) is 14.6. The molecule has 20 heavy (non-hydrogen) atoms. The predicted octanol–water partition coefficient (Wildman–Crippen LogP) is 0.219. The molecule has 1 heterocycles. The van der Waals surface area contributed by atoms with Gasteiger partial charge in [0.25, 0.3) is 0 Å². The van der Waals surface area contributed by atoms with Gasteiger partial charge in [-0.05, 0) is 24.3 Å². The molecule has 0 unspecified atom stereocenters. The third kappa shape index (κ3) is 3.34. The molecule has 2 rings (SSSR count). The van der Waals surface area contributed by atoms with Crippen molar-refractivity contribution < 1.29 is 13.2 Å². The van der Waals surface area contributed by atoms with Crippen LogP contribution in [-0.2, 0) is 22.1 Å². The summed E-state index contributed by atoms with van der Waals surface area (Å²) in [6.45, 7) is 0.934. The van der Waals surface area contributed by atoms with E-state index in [1.54, 1.807) is 18.3 Å². The Morgan fingerprint density at radius 1 is 1.30 bits per heavy atom. The van der Waals surface area contributed by atoms with Crippen molar-refractivity contribution in [2.75, 3.05) is 13.7 Å². The van der Waals surface area contributed by atoms with Crippen LogP contribution in [0.2, 0.25) is 0 Å². The van der Waals surface area contributed by atoms with Crippen LogP contribution in [0.25, 0.3) is 0 Å². The number of methoxy groups -OCH3 is 1. The fourth-order valence-corrected chi connectivity index (χ4v) is 2.95. The fraction of sp³-hybridized carbons (Fsp3) is 0.333. The molecule has 0 aliphatic rings. The molecule has 1 aromatic carbocycles. The largest absolute Gasteiger partial charge is 0.497 e. The predicted molar refractivity (Wildman–Crippen MR) is 73.0 cm³/mol. The molecule has 0 aliphatic carbocycles. The molecule has 0 fully saturated rings. The van der Waals surface area contributed by atoms with Crippen LogP contribution in [0.5, 0.6) is 5.75 Å². The van der Waals surface area contributed by atoms with E-state index in [0.29, 0.717) is 24.5 Å². The number of ether oxygens (including phenoxy) is 1. The van der Waals surface area contributed by atoms with Crippen molar-refractivity contribution in [1.29, 1.82) is 0 Å². The van der Waals surface area contributed by atoms with Crippen LogP contribution in [0, 0.1) is 0 Å². The third-order valence-corrected chi connectivity index (χ3v) is 4.37. The lowest BCUT2D eigenvalue weighted by Gasteiger charge is -2.03. The van der Waals surface area contributed by atoms with E-state index in [1.165, 1.54) is 23.9 Å². The molecule has 2 N–H and O–H groups in total. The topological polar surface area (TPSA) is 100 Å². The van der Waals surface area contributed by atoms with E-state index in [-0.39, 0.29) is 10.6 Å². The molecule has 8 heteroatoms. The highest BCUT2D eigenvalue weighted by Crippen LogP contribution is 2.18. The highest BCUT2D eigenvalue weighted by molar-refractivity contribution is 7.90. The van der Waals surface area contributed by atoms with Crippen LogP contribution in [0.1, 0.15) is 5.69 Å². The number of hydrogen-bond acceptors (Lipinski definition) is 6. The molecule has 0 amide bonds. The van der Waals surface area contributed by atoms with Gasteiger partial charge in [0.15, 0.2) is 9.84 Å². The Hall–Kier alpha value is -1.93. The number of aromatic nitrogens is 3. The monoisotopic (exact) mass is 296 g/mol. The number of nitrogens with zero attached hydrogens (tertiary/aromatic N) is 3. The maximum Gasteiger partial charge on any atom is 0.184 e. The molecule has 0 saturated heterocycles. The Kier molecular flexibility index (Phi) is 4.35. The Balaban J connectivity index is 2.16. The maximum atomic E-state index is 12.2. The summed E-state index contributed by atoms with van der Waals surface area (Å²) in [5.74, 6) is 0.419. The van der Waals surface area contributed by atoms with E-state index in [1.807, 2.05) is 0 Å². The lowest BCUT2D eigenvalue weighted by Crippen LogP contribution is -2.10. The first-order valence-corrected chi connectivity index (χ1v) is 7.66. The summed E-state index contributed by atoms with van der Waals surface area (Å²) in [7, 11) is -1.92. The lowest BCUT2D eigenvalue weighted by atomic mass is 10.3. The molecule has 7 nitrogen and oxygen atoms in total. The zero-order valence-electron chi connectivity index (χ0n) is 11.1. The summed E-state index contributed by atoms with van der Waals surface area (Å²) < 4.78 is 31.0. The quantitative estimate of drug-likeness (QED) is 0.818. The van der Waals surface area contributed by atoms with Crippen LogP contribution in [-0.4, -0.2) is 37.1 Å². The van der Waals surface area contributed by atoms with Crippen molar-refractivity contribution in [3.05, 3.63) is 36.2 Å². The van der Waals surface area contributed by atoms with E-state index in [4.69, 9.17) is 10.5 Å². The second kappa shape index (κ2) is 6.02. The first kappa shape index (κ1) is 14.5. The summed E-state index contributed by atoms with van der Waals surface area (Å²) in [6.07, 6.45) is 1.59. The van der Waals surface area contributed by atoms with Crippen molar-refractivity contribution in [3.8, 4) is 5.75 Å². The van der Waals surface area contributed by atoms with Gasteiger partial charge in [0.05, 0.1) is 24.2 Å². The van der Waals surface area contributed by atoms with E-state index < -0.39 is 9.84 Å². The van der Waals surface area contributed by atoms with E-state index in [2.05, 4.69) is 10.3 Å². The van der Waals surface area contributed by atoms with E-state index in [0.717, 1.165) is 0 Å². The van der Waals surface area contributed by atoms with Gasteiger partial charge in [-0.15, -0.1) is 5.10 Å². The van der Waals surface area contributed by atoms with Crippen molar-refractivity contribution in [3.63, 3.8) is 0 Å². The highest BCUT2D eigenvalue weighted by atomic mass is 32.2. The van der Waals surface area contributed by atoms with E-state index in [9.17, 15) is 8.42 Å². The molecule has 1 aromatic heterocycles. The molecule has 2 aromatic rings. The zero-order valence-corrected chi connectivity index (χ0v) is 11.9. The summed E-state index contributed by atoms with van der Waals surface area (Å²) in [5, 5.41) is 7.65. The van der Waals surface area contributed by atoms with Crippen LogP contribution >= 0.6 is 0 Å². The van der Waals surface area contributed by atoms with Gasteiger partial charge in [0, 0.05) is 12.7 Å². The van der Waals surface area contributed by atoms with Gasteiger partial charge in [0.1, 0.15) is 11.5 Å². The SMILES string of the molecule is COc1ccc(S(=O)(=O)Cc2cn(CCN)nn2)cc1. The summed E-state index contributed by atoms with van der Waals surface area (Å²) in [6, 6.07) is 6.24. The fourth-order valence-electron chi connectivity index (χ4n) is 1.71. The van der Waals surface area contributed by atoms with Crippen molar-refractivity contribution in [2.45, 2.75) is 17.2 Å². The average Bonchev–Trinajstić information content (AvgIpc) is 2.86. The minimum Gasteiger partial charge on any atom is -0.497 e. The van der Waals surface area contributed by atoms with Gasteiger partial charge in [-0.3, -0.25) is 4.68 Å². The second-order valence-corrected chi connectivity index (χ2v) is 6.19. The number of hydrogen-bond donors (Lipinski definition) is 1. The van der Waals surface area contributed by atoms with Crippen LogP contribution in [0.3, 0.4) is 0 Å². The molecule has 0 spiro atoms. The van der Waals surface area contributed by atoms with Crippen LogP contribution < -0.4 is 10.5 Å². The van der Waals surface area contributed by atoms with E-state index >= 15 is 0 Å². The first-order chi connectivity index (χ1) is 9.55. The van der Waals surface area contributed by atoms with Gasteiger partial charge in [-0.2, -0.15) is 0 Å². The number of nitrogens with two attached hydrogens (primary N) is 1. The number of benzene rings is 1. The van der Waals surface area contributed by atoms with Crippen LogP contribution in [0.15, 0.2) is 35.4 Å². The van der Waals surface area contributed by atoms with Crippen molar-refractivity contribution in [2.24, 2.45) is 5.73 Å². The molecular formula is C12H16N4O3S. The Morgan fingerprint density at radius 3 is 2.60 bits per heavy atom. The van der Waals surface area contributed by atoms with Gasteiger partial charge in [0.2, 0.25) is 0 Å². The molecule has 108 valence electrons.